The fraction of sp³-hybridized carbons (Fsp3) is 0.875. The number of unbranched alkanes of at least 4 members (excludes halogenated alkanes) is 2. The minimum atomic E-state index is -0.697. The van der Waals surface area contributed by atoms with Gasteiger partial charge in [0.1, 0.15) is 0 Å². The molecular formula is C16H31NO3. The van der Waals surface area contributed by atoms with E-state index in [1.54, 1.807) is 11.9 Å². The summed E-state index contributed by atoms with van der Waals surface area (Å²) in [6.45, 7) is 6.53. The van der Waals surface area contributed by atoms with E-state index in [-0.39, 0.29) is 5.91 Å². The zero-order valence-corrected chi connectivity index (χ0v) is 13.6. The molecular weight excluding hydrogens is 254 g/mol. The largest absolute Gasteiger partial charge is 0.481 e. The Balaban J connectivity index is 4.79. The van der Waals surface area contributed by atoms with Gasteiger partial charge in [-0.25, -0.2) is 0 Å². The van der Waals surface area contributed by atoms with Crippen molar-refractivity contribution in [2.45, 2.75) is 72.1 Å². The summed E-state index contributed by atoms with van der Waals surface area (Å²) in [6.07, 6.45) is 6.34. The van der Waals surface area contributed by atoms with Crippen LogP contribution in [-0.2, 0) is 9.59 Å². The maximum absolute atomic E-state index is 11.8. The molecule has 1 N–H and O–H groups in total. The molecule has 118 valence electrons. The summed E-state index contributed by atoms with van der Waals surface area (Å²) in [5.74, 6) is -0.619. The van der Waals surface area contributed by atoms with Gasteiger partial charge in [-0.05, 0) is 19.3 Å². The predicted molar refractivity (Wildman–Crippen MR) is 81.7 cm³/mol. The van der Waals surface area contributed by atoms with E-state index in [4.69, 9.17) is 0 Å². The van der Waals surface area contributed by atoms with Crippen LogP contribution in [0.25, 0.3) is 0 Å². The highest BCUT2D eigenvalue weighted by Gasteiger charge is 2.37. The Kier molecular flexibility index (Phi) is 9.26. The minimum absolute atomic E-state index is 0.0790. The number of nitrogens with zero attached hydrogens (tertiary/aromatic N) is 1. The summed E-state index contributed by atoms with van der Waals surface area (Å²) in [4.78, 5) is 25.0. The lowest BCUT2D eigenvalue weighted by Gasteiger charge is -2.31. The summed E-state index contributed by atoms with van der Waals surface area (Å²) < 4.78 is 0. The zero-order valence-electron chi connectivity index (χ0n) is 13.6. The van der Waals surface area contributed by atoms with Crippen LogP contribution in [0.15, 0.2) is 0 Å². The standard InChI is InChI=1S/C16H31NO3/c1-5-8-10-16(15(19)20,11-9-6-2)12-13-17(4)14(18)7-3/h5-13H2,1-4H3,(H,19,20). The number of carboxylic acid groups (broad SMARTS) is 1. The molecule has 4 nitrogen and oxygen atoms in total. The van der Waals surface area contributed by atoms with Crippen molar-refractivity contribution in [3.05, 3.63) is 0 Å². The van der Waals surface area contributed by atoms with Gasteiger partial charge < -0.3 is 10.0 Å². The molecule has 0 unspecified atom stereocenters. The van der Waals surface area contributed by atoms with Crippen LogP contribution in [0.2, 0.25) is 0 Å². The molecule has 0 radical (unpaired) electrons. The summed E-state index contributed by atoms with van der Waals surface area (Å²) >= 11 is 0. The van der Waals surface area contributed by atoms with Crippen LogP contribution in [0.4, 0.5) is 0 Å². The van der Waals surface area contributed by atoms with Crippen molar-refractivity contribution in [3.8, 4) is 0 Å². The molecule has 0 aromatic rings. The lowest BCUT2D eigenvalue weighted by molar-refractivity contribution is -0.151. The van der Waals surface area contributed by atoms with Crippen LogP contribution in [0.3, 0.4) is 0 Å². The molecule has 4 heteroatoms. The van der Waals surface area contributed by atoms with Gasteiger partial charge in [0, 0.05) is 20.0 Å². The van der Waals surface area contributed by atoms with Crippen molar-refractivity contribution in [1.29, 1.82) is 0 Å². The molecule has 0 saturated heterocycles. The maximum Gasteiger partial charge on any atom is 0.309 e. The molecule has 0 spiro atoms. The van der Waals surface area contributed by atoms with E-state index in [0.29, 0.717) is 32.2 Å². The van der Waals surface area contributed by atoms with Crippen LogP contribution in [-0.4, -0.2) is 35.5 Å². The molecule has 0 heterocycles. The van der Waals surface area contributed by atoms with Gasteiger partial charge >= 0.3 is 5.97 Å². The number of aliphatic carboxylic acids is 1. The van der Waals surface area contributed by atoms with Gasteiger partial charge in [0.25, 0.3) is 0 Å². The van der Waals surface area contributed by atoms with Gasteiger partial charge in [0.2, 0.25) is 5.91 Å². The molecule has 0 rings (SSSR count). The Morgan fingerprint density at radius 3 is 1.85 bits per heavy atom. The van der Waals surface area contributed by atoms with Gasteiger partial charge in [-0.3, -0.25) is 9.59 Å². The molecule has 0 aromatic heterocycles. The van der Waals surface area contributed by atoms with Crippen molar-refractivity contribution in [1.82, 2.24) is 4.90 Å². The summed E-state index contributed by atoms with van der Waals surface area (Å²) in [7, 11) is 1.76. The lowest BCUT2D eigenvalue weighted by Crippen LogP contribution is -2.37. The van der Waals surface area contributed by atoms with Crippen molar-refractivity contribution in [3.63, 3.8) is 0 Å². The smallest absolute Gasteiger partial charge is 0.309 e. The molecule has 20 heavy (non-hydrogen) atoms. The van der Waals surface area contributed by atoms with Gasteiger partial charge in [-0.2, -0.15) is 0 Å². The van der Waals surface area contributed by atoms with E-state index in [0.717, 1.165) is 25.7 Å². The number of carbonyl (C=O) groups excluding carboxylic acids is 1. The number of hydrogen-bond acceptors (Lipinski definition) is 2. The molecule has 0 saturated carbocycles. The first-order chi connectivity index (χ1) is 9.43. The minimum Gasteiger partial charge on any atom is -0.481 e. The van der Waals surface area contributed by atoms with Gasteiger partial charge in [0.05, 0.1) is 5.41 Å². The van der Waals surface area contributed by atoms with E-state index in [9.17, 15) is 14.7 Å². The van der Waals surface area contributed by atoms with Crippen molar-refractivity contribution < 1.29 is 14.7 Å². The second-order valence-electron chi connectivity index (χ2n) is 5.71. The number of rotatable bonds is 11. The zero-order chi connectivity index (χ0) is 15.6. The molecule has 0 aliphatic heterocycles. The SMILES string of the molecule is CCCCC(CCCC)(CCN(C)C(=O)CC)C(=O)O. The fourth-order valence-corrected chi connectivity index (χ4v) is 2.50. The molecule has 0 aromatic carbocycles. The molecule has 1 amide bonds. The Morgan fingerprint density at radius 2 is 1.50 bits per heavy atom. The van der Waals surface area contributed by atoms with Crippen LogP contribution in [0, 0.1) is 5.41 Å². The summed E-state index contributed by atoms with van der Waals surface area (Å²) in [5, 5.41) is 9.68. The normalized spacial score (nSPS) is 11.4. The van der Waals surface area contributed by atoms with Gasteiger partial charge in [0.15, 0.2) is 0 Å². The predicted octanol–water partition coefficient (Wildman–Crippen LogP) is 3.70. The Labute approximate surface area is 123 Å². The van der Waals surface area contributed by atoms with Crippen LogP contribution < -0.4 is 0 Å². The maximum atomic E-state index is 11.8. The van der Waals surface area contributed by atoms with Crippen molar-refractivity contribution in [2.75, 3.05) is 13.6 Å². The first-order valence-corrected chi connectivity index (χ1v) is 7.90. The van der Waals surface area contributed by atoms with Crippen LogP contribution in [0.1, 0.15) is 72.1 Å². The van der Waals surface area contributed by atoms with E-state index in [1.165, 1.54) is 0 Å². The molecule has 0 aliphatic carbocycles. The third-order valence-corrected chi connectivity index (χ3v) is 4.13. The average molecular weight is 285 g/mol. The quantitative estimate of drug-likeness (QED) is 0.630. The highest BCUT2D eigenvalue weighted by molar-refractivity contribution is 5.76. The molecule has 0 atom stereocenters. The highest BCUT2D eigenvalue weighted by Crippen LogP contribution is 2.35. The monoisotopic (exact) mass is 285 g/mol. The number of hydrogen-bond donors (Lipinski definition) is 1. The lowest BCUT2D eigenvalue weighted by atomic mass is 9.75. The van der Waals surface area contributed by atoms with E-state index < -0.39 is 11.4 Å². The molecule has 0 aliphatic rings. The van der Waals surface area contributed by atoms with Gasteiger partial charge in [-0.15, -0.1) is 0 Å². The second-order valence-corrected chi connectivity index (χ2v) is 5.71. The van der Waals surface area contributed by atoms with E-state index in [2.05, 4.69) is 13.8 Å². The molecule has 0 fully saturated rings. The van der Waals surface area contributed by atoms with E-state index in [1.807, 2.05) is 6.92 Å². The summed E-state index contributed by atoms with van der Waals surface area (Å²) in [5.41, 5.74) is -0.658. The third-order valence-electron chi connectivity index (χ3n) is 4.13. The van der Waals surface area contributed by atoms with Gasteiger partial charge in [-0.1, -0.05) is 46.5 Å². The number of amides is 1. The van der Waals surface area contributed by atoms with E-state index >= 15 is 0 Å². The second kappa shape index (κ2) is 9.78. The fourth-order valence-electron chi connectivity index (χ4n) is 2.50. The van der Waals surface area contributed by atoms with Crippen molar-refractivity contribution >= 4 is 11.9 Å². The van der Waals surface area contributed by atoms with Crippen LogP contribution >= 0.6 is 0 Å². The molecule has 0 bridgehead atoms. The Hall–Kier alpha value is -1.06. The average Bonchev–Trinajstić information content (AvgIpc) is 2.45. The third kappa shape index (κ3) is 5.93. The number of carbonyl (C=O) groups is 2. The highest BCUT2D eigenvalue weighted by atomic mass is 16.4. The first kappa shape index (κ1) is 18.9. The first-order valence-electron chi connectivity index (χ1n) is 7.90. The van der Waals surface area contributed by atoms with Crippen LogP contribution in [0.5, 0.6) is 0 Å². The number of carboxylic acids is 1. The Morgan fingerprint density at radius 1 is 1.00 bits per heavy atom. The summed E-state index contributed by atoms with van der Waals surface area (Å²) in [6, 6.07) is 0. The van der Waals surface area contributed by atoms with Crippen molar-refractivity contribution in [2.24, 2.45) is 5.41 Å². The topological polar surface area (TPSA) is 57.6 Å². The Bertz CT molecular complexity index is 294.